The molecule has 2 aliphatic rings. The summed E-state index contributed by atoms with van der Waals surface area (Å²) in [6.07, 6.45) is 15.7. The number of unbranched alkanes of at least 4 members (excludes halogenated alkanes) is 1. The predicted molar refractivity (Wildman–Crippen MR) is 140 cm³/mol. The highest BCUT2D eigenvalue weighted by Gasteiger charge is 2.20. The van der Waals surface area contributed by atoms with Crippen molar-refractivity contribution in [1.29, 1.82) is 0 Å². The van der Waals surface area contributed by atoms with Crippen LogP contribution in [0.15, 0.2) is 25.2 Å². The summed E-state index contributed by atoms with van der Waals surface area (Å²) in [7, 11) is 0. The minimum atomic E-state index is -0.511. The molecule has 8 nitrogen and oxygen atoms in total. The zero-order chi connectivity index (χ0) is 25.3. The van der Waals surface area contributed by atoms with Gasteiger partial charge >= 0.3 is 11.6 Å². The summed E-state index contributed by atoms with van der Waals surface area (Å²) < 4.78 is 5.25. The maximum absolute atomic E-state index is 12.9. The average molecular weight is 498 g/mol. The molecule has 0 atom stereocenters. The van der Waals surface area contributed by atoms with Crippen molar-refractivity contribution in [3.05, 3.63) is 32.4 Å². The maximum Gasteiger partial charge on any atom is 0.337 e. The molecular formula is C28H39N3O5. The molecule has 0 unspecified atom stereocenters. The van der Waals surface area contributed by atoms with Gasteiger partial charge in [-0.2, -0.15) is 4.98 Å². The molecule has 196 valence electrons. The molecule has 0 radical (unpaired) electrons. The topological polar surface area (TPSA) is 115 Å². The zero-order valence-corrected chi connectivity index (χ0v) is 21.5. The molecule has 2 fully saturated rings. The van der Waals surface area contributed by atoms with Crippen molar-refractivity contribution in [3.63, 3.8) is 0 Å². The van der Waals surface area contributed by atoms with E-state index in [0.29, 0.717) is 47.8 Å². The van der Waals surface area contributed by atoms with Crippen molar-refractivity contribution in [2.75, 3.05) is 0 Å². The van der Waals surface area contributed by atoms with Gasteiger partial charge in [-0.25, -0.2) is 4.79 Å². The van der Waals surface area contributed by atoms with Gasteiger partial charge < -0.3 is 9.25 Å². The van der Waals surface area contributed by atoms with Gasteiger partial charge in [0.25, 0.3) is 5.56 Å². The number of carbonyl (C=O) groups is 1. The van der Waals surface area contributed by atoms with Crippen molar-refractivity contribution in [1.82, 2.24) is 9.97 Å². The summed E-state index contributed by atoms with van der Waals surface area (Å²) in [4.78, 5) is 49.3. The lowest BCUT2D eigenvalue weighted by atomic mass is 9.84. The van der Waals surface area contributed by atoms with E-state index in [9.17, 15) is 14.4 Å². The molecule has 2 aliphatic carbocycles. The first-order valence-corrected chi connectivity index (χ1v) is 13.8. The largest absolute Gasteiger partial charge is 0.403 e. The first-order chi connectivity index (χ1) is 17.5. The highest BCUT2D eigenvalue weighted by atomic mass is 16.6. The van der Waals surface area contributed by atoms with Gasteiger partial charge in [0.05, 0.1) is 5.71 Å². The lowest BCUT2D eigenvalue weighted by Crippen LogP contribution is -2.17. The molecule has 0 aliphatic heterocycles. The number of carbonyl (C=O) groups excluding carboxylic acids is 1. The quantitative estimate of drug-likeness (QED) is 0.389. The monoisotopic (exact) mass is 497 g/mol. The fourth-order valence-electron chi connectivity index (χ4n) is 5.57. The molecule has 0 amide bonds. The van der Waals surface area contributed by atoms with Crippen LogP contribution in [0.3, 0.4) is 0 Å². The van der Waals surface area contributed by atoms with Crippen molar-refractivity contribution < 1.29 is 14.0 Å². The molecule has 0 saturated heterocycles. The Hall–Kier alpha value is -2.77. The lowest BCUT2D eigenvalue weighted by molar-refractivity contribution is -0.119. The number of H-pyrrole nitrogens is 1. The van der Waals surface area contributed by atoms with E-state index >= 15 is 0 Å². The second-order valence-electron chi connectivity index (χ2n) is 10.6. The van der Waals surface area contributed by atoms with Gasteiger partial charge in [0, 0.05) is 18.9 Å². The number of Topliss-reactive ketones (excluding diaryl/α,β-unsaturated/α-hetero) is 1. The first kappa shape index (κ1) is 26.3. The summed E-state index contributed by atoms with van der Waals surface area (Å²) in [6, 6.07) is 1.34. The Morgan fingerprint density at radius 1 is 1.08 bits per heavy atom. The second kappa shape index (κ2) is 13.0. The van der Waals surface area contributed by atoms with Crippen LogP contribution in [0.25, 0.3) is 11.1 Å². The van der Waals surface area contributed by atoms with Crippen molar-refractivity contribution in [3.8, 4) is 6.01 Å². The Balaban J connectivity index is 1.35. The molecule has 2 aromatic rings. The van der Waals surface area contributed by atoms with E-state index in [0.717, 1.165) is 57.1 Å². The van der Waals surface area contributed by atoms with E-state index in [1.807, 2.05) is 0 Å². The fraction of sp³-hybridized carbons (Fsp3) is 0.679. The third kappa shape index (κ3) is 7.37. The Labute approximate surface area is 211 Å². The van der Waals surface area contributed by atoms with Crippen LogP contribution in [0, 0.1) is 11.8 Å². The predicted octanol–water partition coefficient (Wildman–Crippen LogP) is 5.85. The molecule has 36 heavy (non-hydrogen) atoms. The third-order valence-corrected chi connectivity index (χ3v) is 7.81. The van der Waals surface area contributed by atoms with Crippen molar-refractivity contribution >= 4 is 22.6 Å². The smallest absolute Gasteiger partial charge is 0.337 e. The van der Waals surface area contributed by atoms with E-state index in [4.69, 9.17) is 9.25 Å². The molecule has 0 bridgehead atoms. The minimum absolute atomic E-state index is 0.00320. The Kier molecular flexibility index (Phi) is 9.47. The van der Waals surface area contributed by atoms with Gasteiger partial charge in [-0.1, -0.05) is 50.6 Å². The van der Waals surface area contributed by atoms with Crippen LogP contribution in [-0.4, -0.2) is 21.5 Å². The second-order valence-corrected chi connectivity index (χ2v) is 10.6. The number of aromatic nitrogens is 2. The minimum Gasteiger partial charge on any atom is -0.403 e. The average Bonchev–Trinajstić information content (AvgIpc) is 2.89. The van der Waals surface area contributed by atoms with Gasteiger partial charge in [-0.05, 0) is 68.8 Å². The Bertz CT molecular complexity index is 1170. The lowest BCUT2D eigenvalue weighted by Gasteiger charge is -2.22. The van der Waals surface area contributed by atoms with Crippen LogP contribution in [0.1, 0.15) is 109 Å². The van der Waals surface area contributed by atoms with E-state index in [-0.39, 0.29) is 17.3 Å². The number of hydrogen-bond acceptors (Lipinski definition) is 7. The van der Waals surface area contributed by atoms with E-state index in [1.54, 1.807) is 0 Å². The molecule has 1 N–H and O–H groups in total. The summed E-state index contributed by atoms with van der Waals surface area (Å²) >= 11 is 0. The van der Waals surface area contributed by atoms with Gasteiger partial charge in [-0.15, -0.1) is 0 Å². The number of aromatic amines is 1. The van der Waals surface area contributed by atoms with Gasteiger partial charge in [-0.3, -0.25) is 14.6 Å². The summed E-state index contributed by atoms with van der Waals surface area (Å²) in [5, 5.41) is 4.53. The molecular weight excluding hydrogens is 458 g/mol. The number of ketones is 1. The SMILES string of the molecule is CCCCC(=O)CCC1CCC(=NOc2nc3oc(=O)cc(CCC4CCCCC4)c3c(=O)[nH]2)CC1. The van der Waals surface area contributed by atoms with Crippen molar-refractivity contribution in [2.24, 2.45) is 17.0 Å². The first-order valence-electron chi connectivity index (χ1n) is 13.8. The highest BCUT2D eigenvalue weighted by molar-refractivity contribution is 5.84. The summed E-state index contributed by atoms with van der Waals surface area (Å²) in [5.41, 5.74) is 0.701. The van der Waals surface area contributed by atoms with Gasteiger partial charge in [0.15, 0.2) is 0 Å². The summed E-state index contributed by atoms with van der Waals surface area (Å²) in [5.74, 6) is 1.55. The van der Waals surface area contributed by atoms with E-state index in [1.165, 1.54) is 38.2 Å². The van der Waals surface area contributed by atoms with Crippen LogP contribution < -0.4 is 16.0 Å². The van der Waals surface area contributed by atoms with E-state index in [2.05, 4.69) is 22.0 Å². The molecule has 2 aromatic heterocycles. The highest BCUT2D eigenvalue weighted by Crippen LogP contribution is 2.29. The Morgan fingerprint density at radius 3 is 2.58 bits per heavy atom. The molecule has 8 heteroatoms. The fourth-order valence-corrected chi connectivity index (χ4v) is 5.57. The third-order valence-electron chi connectivity index (χ3n) is 7.81. The number of nitrogens with zero attached hydrogens (tertiary/aromatic N) is 2. The van der Waals surface area contributed by atoms with Crippen LogP contribution in [0.2, 0.25) is 0 Å². The Morgan fingerprint density at radius 2 is 1.83 bits per heavy atom. The zero-order valence-electron chi connectivity index (χ0n) is 21.5. The number of rotatable bonds is 11. The number of oxime groups is 1. The molecule has 4 rings (SSSR count). The summed E-state index contributed by atoms with van der Waals surface area (Å²) in [6.45, 7) is 2.10. The number of aryl methyl sites for hydroxylation is 1. The van der Waals surface area contributed by atoms with Crippen molar-refractivity contribution in [2.45, 2.75) is 110 Å². The maximum atomic E-state index is 12.9. The van der Waals surface area contributed by atoms with E-state index < -0.39 is 5.63 Å². The number of nitrogens with one attached hydrogen (secondary N) is 1. The van der Waals surface area contributed by atoms with Crippen LogP contribution in [0.4, 0.5) is 0 Å². The number of fused-ring (bicyclic) bond motifs is 1. The molecule has 0 spiro atoms. The normalized spacial score (nSPS) is 18.9. The van der Waals surface area contributed by atoms with Crippen LogP contribution in [-0.2, 0) is 11.2 Å². The molecule has 2 heterocycles. The number of hydrogen-bond donors (Lipinski definition) is 1. The van der Waals surface area contributed by atoms with Gasteiger partial charge in [0.2, 0.25) is 5.71 Å². The molecule has 2 saturated carbocycles. The van der Waals surface area contributed by atoms with Gasteiger partial charge in [0.1, 0.15) is 11.2 Å². The van der Waals surface area contributed by atoms with Crippen LogP contribution >= 0.6 is 0 Å². The van der Waals surface area contributed by atoms with Crippen LogP contribution in [0.5, 0.6) is 6.01 Å². The molecule has 0 aromatic carbocycles. The standard InChI is InChI=1S/C28H39N3O5/c1-2-3-9-23(32)17-13-20-11-15-22(16-12-20)31-36-28-29-26(34)25-21(18-24(33)35-27(25)30-28)14-10-19-7-5-4-6-8-19/h18-20H,2-17H2,1H3,(H,29,30,34).